The Morgan fingerprint density at radius 2 is 2.47 bits per heavy atom. The van der Waals surface area contributed by atoms with Gasteiger partial charge < -0.3 is 10.1 Å². The molecule has 0 amide bonds. The molecule has 4 heteroatoms. The van der Waals surface area contributed by atoms with E-state index in [9.17, 15) is 0 Å². The number of rotatable bonds is 3. The summed E-state index contributed by atoms with van der Waals surface area (Å²) in [7, 11) is 3.95. The molecule has 1 aromatic rings. The second-order valence-electron chi connectivity index (χ2n) is 4.37. The van der Waals surface area contributed by atoms with E-state index in [4.69, 9.17) is 4.74 Å². The molecule has 2 unspecified atom stereocenters. The van der Waals surface area contributed by atoms with Crippen LogP contribution < -0.4 is 5.32 Å². The van der Waals surface area contributed by atoms with Crippen LogP contribution >= 0.6 is 0 Å². The van der Waals surface area contributed by atoms with Gasteiger partial charge in [0.1, 0.15) is 0 Å². The van der Waals surface area contributed by atoms with Gasteiger partial charge in [-0.05, 0) is 32.9 Å². The van der Waals surface area contributed by atoms with Crippen molar-refractivity contribution >= 4 is 0 Å². The van der Waals surface area contributed by atoms with Crippen LogP contribution in [0, 0.1) is 0 Å². The van der Waals surface area contributed by atoms with Gasteiger partial charge in [-0.2, -0.15) is 5.10 Å². The minimum Gasteiger partial charge on any atom is -0.373 e. The summed E-state index contributed by atoms with van der Waals surface area (Å²) in [6.07, 6.45) is 4.08. The fraction of sp³-hybridized carbons (Fsp3) is 0.727. The Morgan fingerprint density at radius 3 is 2.93 bits per heavy atom. The summed E-state index contributed by atoms with van der Waals surface area (Å²) in [6.45, 7) is 3.04. The van der Waals surface area contributed by atoms with E-state index >= 15 is 0 Å². The third kappa shape index (κ3) is 1.79. The summed E-state index contributed by atoms with van der Waals surface area (Å²) in [4.78, 5) is 0. The first-order valence-corrected chi connectivity index (χ1v) is 5.46. The summed E-state index contributed by atoms with van der Waals surface area (Å²) in [5, 5.41) is 7.55. The lowest BCUT2D eigenvalue weighted by molar-refractivity contribution is -0.0125. The largest absolute Gasteiger partial charge is 0.373 e. The van der Waals surface area contributed by atoms with Crippen molar-refractivity contribution < 1.29 is 4.74 Å². The quantitative estimate of drug-likeness (QED) is 0.814. The van der Waals surface area contributed by atoms with Gasteiger partial charge in [0.2, 0.25) is 0 Å². The normalized spacial score (nSPS) is 28.2. The first-order valence-electron chi connectivity index (χ1n) is 5.46. The molecule has 1 aromatic heterocycles. The number of nitrogens with one attached hydrogen (secondary N) is 1. The van der Waals surface area contributed by atoms with Gasteiger partial charge in [-0.25, -0.2) is 0 Å². The zero-order chi connectivity index (χ0) is 10.9. The summed E-state index contributed by atoms with van der Waals surface area (Å²) < 4.78 is 7.78. The van der Waals surface area contributed by atoms with Crippen molar-refractivity contribution in [3.05, 3.63) is 18.0 Å². The van der Waals surface area contributed by atoms with Gasteiger partial charge in [-0.15, -0.1) is 0 Å². The Morgan fingerprint density at radius 1 is 1.67 bits per heavy atom. The lowest BCUT2D eigenvalue weighted by Gasteiger charge is -2.33. The molecule has 15 heavy (non-hydrogen) atoms. The van der Waals surface area contributed by atoms with Crippen molar-refractivity contribution in [2.45, 2.75) is 31.4 Å². The number of hydrogen-bond donors (Lipinski definition) is 1. The standard InChI is InChI=1S/C11H19N3O/c1-11(6-4-8-15-11)10(12-2)9-5-7-13-14(9)3/h5,7,10,12H,4,6,8H2,1-3H3. The minimum atomic E-state index is -0.0947. The van der Waals surface area contributed by atoms with Gasteiger partial charge >= 0.3 is 0 Å². The van der Waals surface area contributed by atoms with Gasteiger partial charge in [0, 0.05) is 19.9 Å². The van der Waals surface area contributed by atoms with Crippen molar-refractivity contribution in [1.82, 2.24) is 15.1 Å². The molecule has 0 radical (unpaired) electrons. The highest BCUT2D eigenvalue weighted by atomic mass is 16.5. The molecular weight excluding hydrogens is 190 g/mol. The van der Waals surface area contributed by atoms with Crippen LogP contribution in [0.5, 0.6) is 0 Å². The van der Waals surface area contributed by atoms with Crippen LogP contribution in [0.25, 0.3) is 0 Å². The number of ether oxygens (including phenoxy) is 1. The van der Waals surface area contributed by atoms with Crippen LogP contribution in [0.15, 0.2) is 12.3 Å². The molecule has 84 valence electrons. The maximum absolute atomic E-state index is 5.87. The maximum atomic E-state index is 5.87. The van der Waals surface area contributed by atoms with Crippen molar-refractivity contribution in [3.8, 4) is 0 Å². The summed E-state index contributed by atoms with van der Waals surface area (Å²) in [6, 6.07) is 2.26. The van der Waals surface area contributed by atoms with E-state index in [1.807, 2.05) is 31.0 Å². The van der Waals surface area contributed by atoms with Crippen molar-refractivity contribution in [3.63, 3.8) is 0 Å². The second kappa shape index (κ2) is 3.94. The molecule has 0 bridgehead atoms. The monoisotopic (exact) mass is 209 g/mol. The van der Waals surface area contributed by atoms with E-state index in [0.717, 1.165) is 19.4 Å². The summed E-state index contributed by atoms with van der Waals surface area (Å²) >= 11 is 0. The Hall–Kier alpha value is -0.870. The predicted molar refractivity (Wildman–Crippen MR) is 58.6 cm³/mol. The number of hydrogen-bond acceptors (Lipinski definition) is 3. The van der Waals surface area contributed by atoms with E-state index in [1.165, 1.54) is 5.69 Å². The fourth-order valence-electron chi connectivity index (χ4n) is 2.46. The van der Waals surface area contributed by atoms with E-state index in [0.29, 0.717) is 0 Å². The average molecular weight is 209 g/mol. The van der Waals surface area contributed by atoms with Crippen LogP contribution in [0.3, 0.4) is 0 Å². The lowest BCUT2D eigenvalue weighted by atomic mass is 9.91. The van der Waals surface area contributed by atoms with Gasteiger partial charge in [0.15, 0.2) is 0 Å². The molecule has 2 rings (SSSR count). The molecule has 2 atom stereocenters. The third-order valence-corrected chi connectivity index (χ3v) is 3.30. The number of aromatic nitrogens is 2. The fourth-order valence-corrected chi connectivity index (χ4v) is 2.46. The third-order valence-electron chi connectivity index (χ3n) is 3.30. The Balaban J connectivity index is 2.27. The summed E-state index contributed by atoms with van der Waals surface area (Å²) in [5.74, 6) is 0. The molecule has 1 aliphatic heterocycles. The van der Waals surface area contributed by atoms with Gasteiger partial charge in [-0.1, -0.05) is 0 Å². The first-order chi connectivity index (χ1) is 7.17. The number of aryl methyl sites for hydroxylation is 1. The Kier molecular flexibility index (Phi) is 2.80. The SMILES string of the molecule is CNC(c1ccnn1C)C1(C)CCCO1. The van der Waals surface area contributed by atoms with Crippen LogP contribution in [0.1, 0.15) is 31.5 Å². The van der Waals surface area contributed by atoms with E-state index < -0.39 is 0 Å². The van der Waals surface area contributed by atoms with Gasteiger partial charge in [0.25, 0.3) is 0 Å². The smallest absolute Gasteiger partial charge is 0.0864 e. The lowest BCUT2D eigenvalue weighted by Crippen LogP contribution is -2.40. The highest BCUT2D eigenvalue weighted by Gasteiger charge is 2.39. The van der Waals surface area contributed by atoms with E-state index in [2.05, 4.69) is 17.3 Å². The molecule has 0 aromatic carbocycles. The molecule has 0 spiro atoms. The van der Waals surface area contributed by atoms with E-state index in [1.54, 1.807) is 0 Å². The second-order valence-corrected chi connectivity index (χ2v) is 4.37. The minimum absolute atomic E-state index is 0.0947. The topological polar surface area (TPSA) is 39.1 Å². The first kappa shape index (κ1) is 10.6. The van der Waals surface area contributed by atoms with Crippen molar-refractivity contribution in [2.24, 2.45) is 7.05 Å². The molecule has 1 fully saturated rings. The molecule has 1 saturated heterocycles. The number of likely N-dealkylation sites (N-methyl/N-ethyl adjacent to an activating group) is 1. The van der Waals surface area contributed by atoms with Crippen LogP contribution in [-0.2, 0) is 11.8 Å². The molecule has 1 aliphatic rings. The summed E-state index contributed by atoms with van der Waals surface area (Å²) in [5.41, 5.74) is 1.09. The molecule has 0 aliphatic carbocycles. The van der Waals surface area contributed by atoms with E-state index in [-0.39, 0.29) is 11.6 Å². The maximum Gasteiger partial charge on any atom is 0.0864 e. The van der Waals surface area contributed by atoms with Crippen LogP contribution in [-0.4, -0.2) is 29.0 Å². The van der Waals surface area contributed by atoms with Crippen LogP contribution in [0.2, 0.25) is 0 Å². The van der Waals surface area contributed by atoms with Crippen LogP contribution in [0.4, 0.5) is 0 Å². The van der Waals surface area contributed by atoms with Crippen molar-refractivity contribution in [2.75, 3.05) is 13.7 Å². The predicted octanol–water partition coefficient (Wildman–Crippen LogP) is 1.25. The van der Waals surface area contributed by atoms with Crippen molar-refractivity contribution in [1.29, 1.82) is 0 Å². The zero-order valence-corrected chi connectivity index (χ0v) is 9.66. The Labute approximate surface area is 90.6 Å². The zero-order valence-electron chi connectivity index (χ0n) is 9.66. The number of nitrogens with zero attached hydrogens (tertiary/aromatic N) is 2. The molecule has 4 nitrogen and oxygen atoms in total. The molecule has 1 N–H and O–H groups in total. The highest BCUT2D eigenvalue weighted by molar-refractivity contribution is 5.13. The highest BCUT2D eigenvalue weighted by Crippen LogP contribution is 2.36. The molecular formula is C11H19N3O. The van der Waals surface area contributed by atoms with Gasteiger partial charge in [0.05, 0.1) is 17.3 Å². The van der Waals surface area contributed by atoms with Gasteiger partial charge in [-0.3, -0.25) is 4.68 Å². The average Bonchev–Trinajstić information content (AvgIpc) is 2.79. The molecule has 0 saturated carbocycles. The molecule has 2 heterocycles. The Bertz CT molecular complexity index is 328.